The maximum absolute atomic E-state index is 13.1. The average Bonchev–Trinajstić information content (AvgIpc) is 3.15. The highest BCUT2D eigenvalue weighted by atomic mass is 35.5. The van der Waals surface area contributed by atoms with E-state index in [2.05, 4.69) is 10.1 Å². The van der Waals surface area contributed by atoms with Crippen LogP contribution in [0.5, 0.6) is 5.75 Å². The van der Waals surface area contributed by atoms with E-state index in [1.807, 2.05) is 31.2 Å². The summed E-state index contributed by atoms with van der Waals surface area (Å²) in [6.45, 7) is 3.86. The highest BCUT2D eigenvalue weighted by Crippen LogP contribution is 2.30. The van der Waals surface area contributed by atoms with Gasteiger partial charge < -0.3 is 9.26 Å². The Labute approximate surface area is 168 Å². The van der Waals surface area contributed by atoms with Gasteiger partial charge in [0.05, 0.1) is 13.7 Å². The van der Waals surface area contributed by atoms with E-state index in [-0.39, 0.29) is 29.6 Å². The molecule has 0 amide bonds. The second kappa shape index (κ2) is 8.30. The summed E-state index contributed by atoms with van der Waals surface area (Å²) in [5, 5.41) is 4.25. The van der Waals surface area contributed by atoms with Crippen LogP contribution in [0.3, 0.4) is 0 Å². The molecule has 28 heavy (non-hydrogen) atoms. The molecule has 0 saturated heterocycles. The molecule has 3 aromatic rings. The molecule has 0 fully saturated rings. The molecule has 0 aliphatic carbocycles. The van der Waals surface area contributed by atoms with E-state index in [9.17, 15) is 8.42 Å². The molecule has 148 valence electrons. The van der Waals surface area contributed by atoms with Gasteiger partial charge in [0.2, 0.25) is 21.7 Å². The minimum atomic E-state index is -3.88. The van der Waals surface area contributed by atoms with Crippen molar-refractivity contribution in [2.24, 2.45) is 0 Å². The smallest absolute Gasteiger partial charge is 0.247 e. The molecule has 0 spiro atoms. The molecular formula is C19H20ClN3O4S. The molecule has 0 radical (unpaired) electrons. The Morgan fingerprint density at radius 3 is 2.54 bits per heavy atom. The first-order valence-electron chi connectivity index (χ1n) is 8.58. The number of rotatable bonds is 7. The Balaban J connectivity index is 1.88. The Morgan fingerprint density at radius 1 is 1.18 bits per heavy atom. The molecule has 2 aromatic carbocycles. The predicted molar refractivity (Wildman–Crippen MR) is 106 cm³/mol. The van der Waals surface area contributed by atoms with Gasteiger partial charge in [0.1, 0.15) is 10.6 Å². The SMILES string of the molecule is CCN(Cc1nc(-c2ccc(C)cc2)no1)S(=O)(=O)c1cc(Cl)ccc1OC. The maximum Gasteiger partial charge on any atom is 0.247 e. The Bertz CT molecular complexity index is 1070. The fraction of sp³-hybridized carbons (Fsp3) is 0.263. The van der Waals surface area contributed by atoms with Gasteiger partial charge in [-0.1, -0.05) is 53.5 Å². The van der Waals surface area contributed by atoms with Gasteiger partial charge in [-0.25, -0.2) is 8.42 Å². The van der Waals surface area contributed by atoms with Gasteiger partial charge in [0, 0.05) is 17.1 Å². The van der Waals surface area contributed by atoms with Crippen molar-refractivity contribution >= 4 is 21.6 Å². The summed E-state index contributed by atoms with van der Waals surface area (Å²) in [6.07, 6.45) is 0. The molecule has 7 nitrogen and oxygen atoms in total. The highest BCUT2D eigenvalue weighted by Gasteiger charge is 2.28. The van der Waals surface area contributed by atoms with E-state index in [4.69, 9.17) is 20.9 Å². The third-order valence-corrected chi connectivity index (χ3v) is 6.36. The van der Waals surface area contributed by atoms with Gasteiger partial charge in [0.25, 0.3) is 0 Å². The number of halogens is 1. The molecule has 0 N–H and O–H groups in total. The van der Waals surface area contributed by atoms with E-state index in [0.717, 1.165) is 11.1 Å². The molecular weight excluding hydrogens is 402 g/mol. The van der Waals surface area contributed by atoms with E-state index < -0.39 is 10.0 Å². The summed E-state index contributed by atoms with van der Waals surface area (Å²) in [7, 11) is -2.47. The Morgan fingerprint density at radius 2 is 1.89 bits per heavy atom. The van der Waals surface area contributed by atoms with Gasteiger partial charge in [-0.2, -0.15) is 9.29 Å². The van der Waals surface area contributed by atoms with E-state index in [0.29, 0.717) is 10.8 Å². The molecule has 0 aliphatic rings. The van der Waals surface area contributed by atoms with Crippen LogP contribution in [0, 0.1) is 6.92 Å². The van der Waals surface area contributed by atoms with Gasteiger partial charge in [-0.3, -0.25) is 0 Å². The molecule has 3 rings (SSSR count). The van der Waals surface area contributed by atoms with Crippen molar-refractivity contribution in [3.05, 3.63) is 58.9 Å². The topological polar surface area (TPSA) is 85.5 Å². The summed E-state index contributed by atoms with van der Waals surface area (Å²) in [6, 6.07) is 12.1. The third kappa shape index (κ3) is 4.19. The zero-order valence-corrected chi connectivity index (χ0v) is 17.3. The monoisotopic (exact) mass is 421 g/mol. The lowest BCUT2D eigenvalue weighted by atomic mass is 10.1. The van der Waals surface area contributed by atoms with Crippen LogP contribution in [0.25, 0.3) is 11.4 Å². The lowest BCUT2D eigenvalue weighted by molar-refractivity contribution is 0.320. The number of hydrogen-bond donors (Lipinski definition) is 0. The van der Waals surface area contributed by atoms with Crippen molar-refractivity contribution < 1.29 is 17.7 Å². The van der Waals surface area contributed by atoms with Gasteiger partial charge >= 0.3 is 0 Å². The van der Waals surface area contributed by atoms with Crippen LogP contribution in [0.15, 0.2) is 51.9 Å². The minimum Gasteiger partial charge on any atom is -0.495 e. The Hall–Kier alpha value is -2.42. The molecule has 0 unspecified atom stereocenters. The lowest BCUT2D eigenvalue weighted by Crippen LogP contribution is -2.31. The fourth-order valence-corrected chi connectivity index (χ4v) is 4.46. The van der Waals surface area contributed by atoms with Crippen LogP contribution in [0.1, 0.15) is 18.4 Å². The summed E-state index contributed by atoms with van der Waals surface area (Å²) in [5.74, 6) is 0.819. The third-order valence-electron chi connectivity index (χ3n) is 4.19. The first-order valence-corrected chi connectivity index (χ1v) is 10.4. The first-order chi connectivity index (χ1) is 13.3. The van der Waals surface area contributed by atoms with Crippen molar-refractivity contribution in [2.75, 3.05) is 13.7 Å². The molecule has 1 heterocycles. The van der Waals surface area contributed by atoms with E-state index >= 15 is 0 Å². The zero-order chi connectivity index (χ0) is 20.3. The van der Waals surface area contributed by atoms with Crippen molar-refractivity contribution in [3.8, 4) is 17.1 Å². The number of methoxy groups -OCH3 is 1. The zero-order valence-electron chi connectivity index (χ0n) is 15.7. The highest BCUT2D eigenvalue weighted by molar-refractivity contribution is 7.89. The normalized spacial score (nSPS) is 11.8. The molecule has 0 aliphatic heterocycles. The number of nitrogens with zero attached hydrogens (tertiary/aromatic N) is 3. The number of hydrogen-bond acceptors (Lipinski definition) is 6. The maximum atomic E-state index is 13.1. The summed E-state index contributed by atoms with van der Waals surface area (Å²) in [5.41, 5.74) is 1.91. The molecule has 0 bridgehead atoms. The van der Waals surface area contributed by atoms with Crippen LogP contribution in [0.2, 0.25) is 5.02 Å². The standard InChI is InChI=1S/C19H20ClN3O4S/c1-4-23(28(24,25)17-11-15(20)9-10-16(17)26-3)12-18-21-19(22-27-18)14-7-5-13(2)6-8-14/h5-11H,4,12H2,1-3H3. The van der Waals surface area contributed by atoms with Crippen LogP contribution in [-0.4, -0.2) is 36.5 Å². The lowest BCUT2D eigenvalue weighted by Gasteiger charge is -2.20. The number of benzene rings is 2. The van der Waals surface area contributed by atoms with Crippen molar-refractivity contribution in [3.63, 3.8) is 0 Å². The summed E-state index contributed by atoms with van der Waals surface area (Å²) >= 11 is 5.99. The molecule has 9 heteroatoms. The molecule has 1 aromatic heterocycles. The average molecular weight is 422 g/mol. The van der Waals surface area contributed by atoms with E-state index in [1.54, 1.807) is 13.0 Å². The minimum absolute atomic E-state index is 0.0115. The van der Waals surface area contributed by atoms with Gasteiger partial charge in [0.15, 0.2) is 0 Å². The quantitative estimate of drug-likeness (QED) is 0.574. The molecule has 0 atom stereocenters. The fourth-order valence-electron chi connectivity index (χ4n) is 2.65. The van der Waals surface area contributed by atoms with Crippen molar-refractivity contribution in [2.45, 2.75) is 25.3 Å². The second-order valence-electron chi connectivity index (χ2n) is 6.10. The number of ether oxygens (including phenoxy) is 1. The number of sulfonamides is 1. The summed E-state index contributed by atoms with van der Waals surface area (Å²) < 4.78 is 37.9. The predicted octanol–water partition coefficient (Wildman–Crippen LogP) is 3.92. The molecule has 0 saturated carbocycles. The number of aromatic nitrogens is 2. The van der Waals surface area contributed by atoms with Gasteiger partial charge in [-0.05, 0) is 25.1 Å². The largest absolute Gasteiger partial charge is 0.495 e. The van der Waals surface area contributed by atoms with Gasteiger partial charge in [-0.15, -0.1) is 0 Å². The number of aryl methyl sites for hydroxylation is 1. The second-order valence-corrected chi connectivity index (χ2v) is 8.45. The van der Waals surface area contributed by atoms with Crippen molar-refractivity contribution in [1.29, 1.82) is 0 Å². The summed E-state index contributed by atoms with van der Waals surface area (Å²) in [4.78, 5) is 4.31. The van der Waals surface area contributed by atoms with Crippen LogP contribution in [0.4, 0.5) is 0 Å². The first kappa shape index (κ1) is 20.3. The van der Waals surface area contributed by atoms with Crippen molar-refractivity contribution in [1.82, 2.24) is 14.4 Å². The van der Waals surface area contributed by atoms with E-state index in [1.165, 1.54) is 23.5 Å². The Kier molecular flexibility index (Phi) is 6.02. The van der Waals surface area contributed by atoms with Crippen LogP contribution in [-0.2, 0) is 16.6 Å². The van der Waals surface area contributed by atoms with Crippen LogP contribution >= 0.6 is 11.6 Å². The van der Waals surface area contributed by atoms with Crippen LogP contribution < -0.4 is 4.74 Å².